The molecule has 1 heterocycles. The predicted octanol–water partition coefficient (Wildman–Crippen LogP) is 4.80. The van der Waals surface area contributed by atoms with Crippen LogP contribution in [0, 0.1) is 12.3 Å². The number of rotatable bonds is 5. The van der Waals surface area contributed by atoms with Crippen molar-refractivity contribution in [3.8, 4) is 0 Å². The van der Waals surface area contributed by atoms with Crippen molar-refractivity contribution in [1.29, 1.82) is 0 Å². The number of hydrogen-bond donors (Lipinski definition) is 1. The van der Waals surface area contributed by atoms with Crippen LogP contribution in [0.4, 0.5) is 8.78 Å². The molecule has 18 heavy (non-hydrogen) atoms. The molecule has 0 spiro atoms. The van der Waals surface area contributed by atoms with E-state index in [1.165, 1.54) is 6.07 Å². The molecule has 0 fully saturated rings. The van der Waals surface area contributed by atoms with Gasteiger partial charge in [0.05, 0.1) is 11.3 Å². The van der Waals surface area contributed by atoms with Gasteiger partial charge in [0.2, 0.25) is 0 Å². The molecule has 0 aliphatic carbocycles. The lowest BCUT2D eigenvalue weighted by Gasteiger charge is -2.27. The predicted molar refractivity (Wildman–Crippen MR) is 71.3 cm³/mol. The van der Waals surface area contributed by atoms with Crippen LogP contribution in [0.15, 0.2) is 10.5 Å². The molecule has 0 atom stereocenters. The lowest BCUT2D eigenvalue weighted by atomic mass is 9.82. The highest BCUT2D eigenvalue weighted by atomic mass is 79.9. The Hall–Kier alpha value is -0.490. The second kappa shape index (κ2) is 5.25. The zero-order chi connectivity index (χ0) is 14.1. The van der Waals surface area contributed by atoms with E-state index in [1.54, 1.807) is 20.8 Å². The molecular weight excluding hydrogens is 326 g/mol. The molecule has 0 aliphatic rings. The van der Waals surface area contributed by atoms with Crippen LogP contribution in [0.2, 0.25) is 0 Å². The zero-order valence-corrected chi connectivity index (χ0v) is 12.8. The van der Waals surface area contributed by atoms with E-state index in [1.807, 2.05) is 0 Å². The summed E-state index contributed by atoms with van der Waals surface area (Å²) in [5, 5.41) is 8.71. The van der Waals surface area contributed by atoms with Gasteiger partial charge in [-0.05, 0) is 34.3 Å². The molecule has 0 aromatic carbocycles. The largest absolute Gasteiger partial charge is 0.481 e. The van der Waals surface area contributed by atoms with Crippen LogP contribution < -0.4 is 0 Å². The first-order valence-corrected chi connectivity index (χ1v) is 7.00. The highest BCUT2D eigenvalue weighted by Gasteiger charge is 2.40. The third kappa shape index (κ3) is 4.02. The van der Waals surface area contributed by atoms with E-state index in [-0.39, 0.29) is 11.3 Å². The minimum Gasteiger partial charge on any atom is -0.481 e. The summed E-state index contributed by atoms with van der Waals surface area (Å²) in [6, 6.07) is 1.41. The van der Waals surface area contributed by atoms with Crippen molar-refractivity contribution in [2.75, 3.05) is 0 Å². The second-order valence-corrected chi connectivity index (χ2v) is 7.24. The summed E-state index contributed by atoms with van der Waals surface area (Å²) < 4.78 is 28.8. The van der Waals surface area contributed by atoms with Gasteiger partial charge in [0.1, 0.15) is 0 Å². The number of halogens is 3. The van der Waals surface area contributed by atoms with Crippen LogP contribution in [-0.4, -0.2) is 11.1 Å². The molecule has 1 aromatic rings. The SMILES string of the molecule is Cc1sc(C(F)(F)CC(C)(C)CC(=O)O)cc1Br. The summed E-state index contributed by atoms with van der Waals surface area (Å²) in [6.45, 7) is 4.85. The van der Waals surface area contributed by atoms with Gasteiger partial charge in [0, 0.05) is 15.8 Å². The third-order valence-corrected chi connectivity index (χ3v) is 4.80. The Balaban J connectivity index is 2.90. The monoisotopic (exact) mass is 340 g/mol. The van der Waals surface area contributed by atoms with Gasteiger partial charge in [-0.15, -0.1) is 11.3 Å². The smallest absolute Gasteiger partial charge is 0.303 e. The van der Waals surface area contributed by atoms with Crippen molar-refractivity contribution in [2.24, 2.45) is 5.41 Å². The van der Waals surface area contributed by atoms with Crippen molar-refractivity contribution < 1.29 is 18.7 Å². The van der Waals surface area contributed by atoms with Gasteiger partial charge >= 0.3 is 5.97 Å². The van der Waals surface area contributed by atoms with E-state index in [0.29, 0.717) is 4.47 Å². The molecule has 0 aliphatic heterocycles. The summed E-state index contributed by atoms with van der Waals surface area (Å²) in [6.07, 6.45) is -0.743. The molecular formula is C12H15BrF2O2S. The van der Waals surface area contributed by atoms with Crippen molar-refractivity contribution in [3.05, 3.63) is 20.3 Å². The van der Waals surface area contributed by atoms with Gasteiger partial charge in [0.25, 0.3) is 5.92 Å². The van der Waals surface area contributed by atoms with Gasteiger partial charge < -0.3 is 5.11 Å². The van der Waals surface area contributed by atoms with Crippen LogP contribution in [0.3, 0.4) is 0 Å². The van der Waals surface area contributed by atoms with Gasteiger partial charge in [-0.1, -0.05) is 13.8 Å². The zero-order valence-electron chi connectivity index (χ0n) is 10.4. The number of thiophene rings is 1. The van der Waals surface area contributed by atoms with Gasteiger partial charge in [0.15, 0.2) is 0 Å². The molecule has 2 nitrogen and oxygen atoms in total. The second-order valence-electron chi connectivity index (χ2n) is 5.13. The fourth-order valence-electron chi connectivity index (χ4n) is 1.80. The van der Waals surface area contributed by atoms with Gasteiger partial charge in [-0.25, -0.2) is 8.78 Å². The van der Waals surface area contributed by atoms with Crippen molar-refractivity contribution in [3.63, 3.8) is 0 Å². The Morgan fingerprint density at radius 2 is 2.06 bits per heavy atom. The molecule has 1 rings (SSSR count). The number of aliphatic carboxylic acids is 1. The van der Waals surface area contributed by atoms with Crippen molar-refractivity contribution >= 4 is 33.2 Å². The molecule has 102 valence electrons. The number of alkyl halides is 2. The van der Waals surface area contributed by atoms with E-state index >= 15 is 0 Å². The molecule has 0 saturated carbocycles. The molecule has 0 amide bonds. The quantitative estimate of drug-likeness (QED) is 0.835. The maximum absolute atomic E-state index is 14.1. The lowest BCUT2D eigenvalue weighted by molar-refractivity contribution is -0.140. The molecule has 0 saturated heterocycles. The summed E-state index contributed by atoms with van der Waals surface area (Å²) in [7, 11) is 0. The van der Waals surface area contributed by atoms with Gasteiger partial charge in [-0.3, -0.25) is 4.79 Å². The van der Waals surface area contributed by atoms with Crippen LogP contribution in [0.25, 0.3) is 0 Å². The Morgan fingerprint density at radius 3 is 2.44 bits per heavy atom. The topological polar surface area (TPSA) is 37.3 Å². The maximum atomic E-state index is 14.1. The molecule has 0 unspecified atom stereocenters. The highest BCUT2D eigenvalue weighted by molar-refractivity contribution is 9.10. The highest BCUT2D eigenvalue weighted by Crippen LogP contribution is 2.45. The van der Waals surface area contributed by atoms with E-state index in [0.717, 1.165) is 16.2 Å². The van der Waals surface area contributed by atoms with Crippen LogP contribution in [-0.2, 0) is 10.7 Å². The summed E-state index contributed by atoms with van der Waals surface area (Å²) in [5.41, 5.74) is -0.945. The van der Waals surface area contributed by atoms with E-state index in [2.05, 4.69) is 15.9 Å². The molecule has 6 heteroatoms. The Labute approximate surface area is 117 Å². The lowest BCUT2D eigenvalue weighted by Crippen LogP contribution is -2.26. The molecule has 0 bridgehead atoms. The molecule has 0 radical (unpaired) electrons. The van der Waals surface area contributed by atoms with Crippen LogP contribution >= 0.6 is 27.3 Å². The number of hydrogen-bond acceptors (Lipinski definition) is 2. The normalized spacial score (nSPS) is 12.8. The maximum Gasteiger partial charge on any atom is 0.303 e. The van der Waals surface area contributed by atoms with Crippen LogP contribution in [0.5, 0.6) is 0 Å². The average Bonchev–Trinajstić information content (AvgIpc) is 2.42. The fraction of sp³-hybridized carbons (Fsp3) is 0.583. The fourth-order valence-corrected chi connectivity index (χ4v) is 3.31. The third-order valence-electron chi connectivity index (χ3n) is 2.55. The minimum absolute atomic E-state index is 0.0228. The molecule has 1 aromatic heterocycles. The first-order chi connectivity index (χ1) is 8.03. The standard InChI is InChI=1S/C12H15BrF2O2S/c1-7-8(13)4-9(18-7)12(14,15)6-11(2,3)5-10(16)17/h4H,5-6H2,1-3H3,(H,16,17). The van der Waals surface area contributed by atoms with Crippen molar-refractivity contribution in [2.45, 2.75) is 39.5 Å². The number of carboxylic acids is 1. The minimum atomic E-state index is -3.00. The first kappa shape index (κ1) is 15.6. The average molecular weight is 341 g/mol. The number of carboxylic acid groups (broad SMARTS) is 1. The number of aryl methyl sites for hydroxylation is 1. The summed E-state index contributed by atoms with van der Waals surface area (Å²) in [4.78, 5) is 11.4. The van der Waals surface area contributed by atoms with Gasteiger partial charge in [-0.2, -0.15) is 0 Å². The molecule has 1 N–H and O–H groups in total. The Morgan fingerprint density at radius 1 is 1.50 bits per heavy atom. The Bertz CT molecular complexity index is 435. The van der Waals surface area contributed by atoms with E-state index in [4.69, 9.17) is 5.11 Å². The van der Waals surface area contributed by atoms with E-state index in [9.17, 15) is 13.6 Å². The summed E-state index contributed by atoms with van der Waals surface area (Å²) in [5.74, 6) is -4.06. The van der Waals surface area contributed by atoms with Crippen molar-refractivity contribution in [1.82, 2.24) is 0 Å². The Kier molecular flexibility index (Phi) is 4.54. The number of carbonyl (C=O) groups is 1. The summed E-state index contributed by atoms with van der Waals surface area (Å²) >= 11 is 4.25. The van der Waals surface area contributed by atoms with E-state index < -0.39 is 23.7 Å². The first-order valence-electron chi connectivity index (χ1n) is 5.39. The van der Waals surface area contributed by atoms with Crippen LogP contribution in [0.1, 0.15) is 36.4 Å².